The quantitative estimate of drug-likeness (QED) is 0.926. The fourth-order valence-corrected chi connectivity index (χ4v) is 4.32. The molecule has 110 valence electrons. The second kappa shape index (κ2) is 5.71. The molecule has 0 amide bonds. The molecule has 2 heterocycles. The van der Waals surface area contributed by atoms with Crippen molar-refractivity contribution in [2.24, 2.45) is 0 Å². The minimum atomic E-state index is -3.40. The third kappa shape index (κ3) is 2.82. The van der Waals surface area contributed by atoms with E-state index in [1.54, 1.807) is 4.31 Å². The molecule has 20 heavy (non-hydrogen) atoms. The van der Waals surface area contributed by atoms with Crippen LogP contribution in [0.15, 0.2) is 24.3 Å². The Morgan fingerprint density at radius 1 is 1.15 bits per heavy atom. The highest BCUT2D eigenvalue weighted by atomic mass is 32.2. The predicted octanol–water partition coefficient (Wildman–Crippen LogP) is 1.83. The summed E-state index contributed by atoms with van der Waals surface area (Å²) in [6.45, 7) is 1.80. The molecule has 0 aromatic heterocycles. The molecule has 3 rings (SSSR count). The molecule has 0 aliphatic carbocycles. The van der Waals surface area contributed by atoms with Crippen LogP contribution in [0.5, 0.6) is 5.75 Å². The molecule has 6 heteroatoms. The number of hydrogen-bond acceptors (Lipinski definition) is 3. The van der Waals surface area contributed by atoms with Gasteiger partial charge in [0, 0.05) is 25.1 Å². The summed E-state index contributed by atoms with van der Waals surface area (Å²) in [6.07, 6.45) is 3.69. The zero-order chi connectivity index (χ0) is 14.0. The van der Waals surface area contributed by atoms with Crippen molar-refractivity contribution in [3.8, 4) is 5.75 Å². The van der Waals surface area contributed by atoms with Crippen molar-refractivity contribution in [2.45, 2.75) is 31.7 Å². The molecule has 2 aliphatic rings. The van der Waals surface area contributed by atoms with Gasteiger partial charge in [-0.2, -0.15) is 17.4 Å². The summed E-state index contributed by atoms with van der Waals surface area (Å²) < 4.78 is 34.8. The third-order valence-corrected chi connectivity index (χ3v) is 5.53. The second-order valence-corrected chi connectivity index (χ2v) is 7.01. The van der Waals surface area contributed by atoms with Crippen LogP contribution in [-0.4, -0.2) is 32.4 Å². The first kappa shape index (κ1) is 13.9. The Bertz CT molecular complexity index is 568. The molecule has 2 aliphatic heterocycles. The van der Waals surface area contributed by atoms with Gasteiger partial charge in [-0.15, -0.1) is 0 Å². The van der Waals surface area contributed by atoms with Crippen LogP contribution in [0.3, 0.4) is 0 Å². The summed E-state index contributed by atoms with van der Waals surface area (Å²) in [6, 6.07) is 7.44. The van der Waals surface area contributed by atoms with Gasteiger partial charge in [0.05, 0.1) is 12.6 Å². The molecule has 0 spiro atoms. The monoisotopic (exact) mass is 296 g/mol. The van der Waals surface area contributed by atoms with Crippen molar-refractivity contribution < 1.29 is 13.2 Å². The lowest BCUT2D eigenvalue weighted by atomic mass is 10.0. The van der Waals surface area contributed by atoms with Gasteiger partial charge in [0.2, 0.25) is 0 Å². The van der Waals surface area contributed by atoms with Crippen LogP contribution in [0.25, 0.3) is 0 Å². The number of nitrogens with zero attached hydrogens (tertiary/aromatic N) is 1. The van der Waals surface area contributed by atoms with Crippen molar-refractivity contribution in [3.05, 3.63) is 29.8 Å². The Balaban J connectivity index is 1.78. The Labute approximate surface area is 120 Å². The van der Waals surface area contributed by atoms with Gasteiger partial charge in [0.25, 0.3) is 10.2 Å². The van der Waals surface area contributed by atoms with Crippen molar-refractivity contribution in [1.82, 2.24) is 9.03 Å². The number of benzene rings is 1. The number of ether oxygens (including phenoxy) is 1. The number of rotatable bonds is 3. The maximum Gasteiger partial charge on any atom is 0.280 e. The molecule has 1 saturated heterocycles. The van der Waals surface area contributed by atoms with Gasteiger partial charge in [-0.05, 0) is 18.9 Å². The molecule has 0 saturated carbocycles. The molecule has 0 unspecified atom stereocenters. The van der Waals surface area contributed by atoms with Crippen molar-refractivity contribution in [2.75, 3.05) is 19.7 Å². The van der Waals surface area contributed by atoms with Gasteiger partial charge in [0.15, 0.2) is 0 Å². The summed E-state index contributed by atoms with van der Waals surface area (Å²) >= 11 is 0. The number of piperidine rings is 1. The number of para-hydroxylation sites is 1. The molecular formula is C14H20N2O3S. The van der Waals surface area contributed by atoms with E-state index in [-0.39, 0.29) is 6.04 Å². The first-order chi connectivity index (χ1) is 9.67. The molecule has 1 atom stereocenters. The zero-order valence-corrected chi connectivity index (χ0v) is 12.2. The van der Waals surface area contributed by atoms with Gasteiger partial charge in [-0.1, -0.05) is 24.6 Å². The highest BCUT2D eigenvalue weighted by molar-refractivity contribution is 7.87. The smallest absolute Gasteiger partial charge is 0.280 e. The van der Waals surface area contributed by atoms with Crippen molar-refractivity contribution in [1.29, 1.82) is 0 Å². The second-order valence-electron chi connectivity index (χ2n) is 5.31. The lowest BCUT2D eigenvalue weighted by Crippen LogP contribution is -2.45. The maximum atomic E-state index is 12.4. The van der Waals surface area contributed by atoms with Crippen LogP contribution in [0, 0.1) is 0 Å². The van der Waals surface area contributed by atoms with E-state index >= 15 is 0 Å². The van der Waals surface area contributed by atoms with Crippen LogP contribution in [0.4, 0.5) is 0 Å². The van der Waals surface area contributed by atoms with Crippen LogP contribution < -0.4 is 9.46 Å². The summed E-state index contributed by atoms with van der Waals surface area (Å²) in [5, 5.41) is 0. The fourth-order valence-electron chi connectivity index (χ4n) is 2.82. The van der Waals surface area contributed by atoms with Gasteiger partial charge in [-0.3, -0.25) is 0 Å². The van der Waals surface area contributed by atoms with E-state index in [4.69, 9.17) is 4.74 Å². The van der Waals surface area contributed by atoms with E-state index in [9.17, 15) is 8.42 Å². The lowest BCUT2D eigenvalue weighted by Gasteiger charge is -2.31. The van der Waals surface area contributed by atoms with Crippen LogP contribution in [0.2, 0.25) is 0 Å². The standard InChI is InChI=1S/C14H20N2O3S/c17-20(18,16-9-4-1-5-10-16)15-13-8-11-19-14-7-3-2-6-12(13)14/h2-3,6-7,13,15H,1,4-5,8-11H2/t13-/m0/s1. The molecule has 5 nitrogen and oxygen atoms in total. The molecule has 0 bridgehead atoms. The maximum absolute atomic E-state index is 12.4. The highest BCUT2D eigenvalue weighted by Gasteiger charge is 2.30. The summed E-state index contributed by atoms with van der Waals surface area (Å²) in [4.78, 5) is 0. The zero-order valence-electron chi connectivity index (χ0n) is 11.4. The number of nitrogens with one attached hydrogen (secondary N) is 1. The third-order valence-electron chi connectivity index (χ3n) is 3.90. The van der Waals surface area contributed by atoms with Crippen LogP contribution in [-0.2, 0) is 10.2 Å². The lowest BCUT2D eigenvalue weighted by molar-refractivity contribution is 0.259. The van der Waals surface area contributed by atoms with E-state index in [1.165, 1.54) is 0 Å². The molecule has 1 fully saturated rings. The van der Waals surface area contributed by atoms with E-state index in [2.05, 4.69) is 4.72 Å². The minimum absolute atomic E-state index is 0.188. The number of fused-ring (bicyclic) bond motifs is 1. The molecule has 1 N–H and O–H groups in total. The average Bonchev–Trinajstić information content (AvgIpc) is 2.48. The van der Waals surface area contributed by atoms with Crippen molar-refractivity contribution >= 4 is 10.2 Å². The van der Waals surface area contributed by atoms with Crippen LogP contribution in [0.1, 0.15) is 37.3 Å². The molecule has 1 aromatic rings. The van der Waals surface area contributed by atoms with Gasteiger partial charge in [-0.25, -0.2) is 0 Å². The number of hydrogen-bond donors (Lipinski definition) is 1. The first-order valence-corrected chi connectivity index (χ1v) is 8.60. The van der Waals surface area contributed by atoms with Gasteiger partial charge in [0.1, 0.15) is 5.75 Å². The highest BCUT2D eigenvalue weighted by Crippen LogP contribution is 2.32. The Morgan fingerprint density at radius 3 is 2.70 bits per heavy atom. The summed E-state index contributed by atoms with van der Waals surface area (Å²) in [5.41, 5.74) is 0.930. The molecule has 1 aromatic carbocycles. The Kier molecular flexibility index (Phi) is 3.96. The van der Waals surface area contributed by atoms with Gasteiger partial charge >= 0.3 is 0 Å². The van der Waals surface area contributed by atoms with Crippen LogP contribution >= 0.6 is 0 Å². The Morgan fingerprint density at radius 2 is 1.90 bits per heavy atom. The normalized spacial score (nSPS) is 23.9. The van der Waals surface area contributed by atoms with Crippen molar-refractivity contribution in [3.63, 3.8) is 0 Å². The first-order valence-electron chi connectivity index (χ1n) is 7.16. The summed E-state index contributed by atoms with van der Waals surface area (Å²) in [5.74, 6) is 0.782. The Hall–Kier alpha value is -1.11. The van der Waals surface area contributed by atoms with Gasteiger partial charge < -0.3 is 4.74 Å². The van der Waals surface area contributed by atoms with E-state index < -0.39 is 10.2 Å². The largest absolute Gasteiger partial charge is 0.493 e. The summed E-state index contributed by atoms with van der Waals surface area (Å²) in [7, 11) is -3.40. The predicted molar refractivity (Wildman–Crippen MR) is 76.8 cm³/mol. The van der Waals surface area contributed by atoms with E-state index in [0.717, 1.165) is 30.6 Å². The molecule has 0 radical (unpaired) electrons. The fraction of sp³-hybridized carbons (Fsp3) is 0.571. The topological polar surface area (TPSA) is 58.6 Å². The van der Waals surface area contributed by atoms with E-state index in [0.29, 0.717) is 26.1 Å². The minimum Gasteiger partial charge on any atom is -0.493 e. The van der Waals surface area contributed by atoms with E-state index in [1.807, 2.05) is 24.3 Å². The molecular weight excluding hydrogens is 276 g/mol. The SMILES string of the molecule is O=S(=O)(N[C@H]1CCOc2ccccc21)N1CCCCC1. The average molecular weight is 296 g/mol.